The molecule has 1 rings (SSSR count). The number of aliphatic carboxylic acids is 1. The molecular formula is C12H14Cl2N2O3. The molecule has 19 heavy (non-hydrogen) atoms. The lowest BCUT2D eigenvalue weighted by atomic mass is 10.0. The molecule has 0 saturated carbocycles. The molecule has 104 valence electrons. The molecule has 0 aromatic carbocycles. The summed E-state index contributed by atoms with van der Waals surface area (Å²) in [6, 6.07) is 1.71. The predicted molar refractivity (Wildman–Crippen MR) is 72.6 cm³/mol. The van der Waals surface area contributed by atoms with E-state index in [0.717, 1.165) is 0 Å². The van der Waals surface area contributed by atoms with Gasteiger partial charge in [-0.1, -0.05) is 37.0 Å². The van der Waals surface area contributed by atoms with E-state index < -0.39 is 17.9 Å². The zero-order chi connectivity index (χ0) is 14.6. The highest BCUT2D eigenvalue weighted by Gasteiger charge is 2.22. The molecule has 0 spiro atoms. The van der Waals surface area contributed by atoms with Gasteiger partial charge in [0.2, 0.25) is 0 Å². The Morgan fingerprint density at radius 1 is 1.32 bits per heavy atom. The first kappa shape index (κ1) is 15.7. The fourth-order valence-electron chi connectivity index (χ4n) is 1.53. The van der Waals surface area contributed by atoms with Crippen molar-refractivity contribution in [3.63, 3.8) is 0 Å². The summed E-state index contributed by atoms with van der Waals surface area (Å²) < 4.78 is 0. The van der Waals surface area contributed by atoms with E-state index in [9.17, 15) is 9.59 Å². The van der Waals surface area contributed by atoms with Gasteiger partial charge in [0.1, 0.15) is 16.3 Å². The van der Waals surface area contributed by atoms with Crippen LogP contribution in [-0.2, 0) is 4.79 Å². The Bertz CT molecular complexity index is 472. The SMILES string of the molecule is CC(C)C[C@@H](NC(=O)c1cc(Cl)nc(Cl)c1)C(=O)O. The highest BCUT2D eigenvalue weighted by atomic mass is 35.5. The smallest absolute Gasteiger partial charge is 0.326 e. The van der Waals surface area contributed by atoms with Crippen LogP contribution in [-0.4, -0.2) is 28.0 Å². The summed E-state index contributed by atoms with van der Waals surface area (Å²) in [4.78, 5) is 26.7. The zero-order valence-corrected chi connectivity index (χ0v) is 12.0. The molecule has 7 heteroatoms. The average molecular weight is 305 g/mol. The standard InChI is InChI=1S/C12H14Cl2N2O3/c1-6(2)3-8(12(18)19)15-11(17)7-4-9(13)16-10(14)5-7/h4-6,8H,3H2,1-2H3,(H,15,17)(H,18,19)/t8-/m1/s1. The van der Waals surface area contributed by atoms with Crippen LogP contribution in [0.25, 0.3) is 0 Å². The third-order valence-electron chi connectivity index (χ3n) is 2.34. The van der Waals surface area contributed by atoms with Crippen molar-refractivity contribution in [1.82, 2.24) is 10.3 Å². The first-order chi connectivity index (χ1) is 8.79. The largest absolute Gasteiger partial charge is 0.480 e. The molecule has 5 nitrogen and oxygen atoms in total. The van der Waals surface area contributed by atoms with E-state index in [-0.39, 0.29) is 21.8 Å². The minimum Gasteiger partial charge on any atom is -0.480 e. The van der Waals surface area contributed by atoms with Crippen molar-refractivity contribution in [3.05, 3.63) is 28.0 Å². The zero-order valence-electron chi connectivity index (χ0n) is 10.5. The Hall–Kier alpha value is -1.33. The van der Waals surface area contributed by atoms with Crippen LogP contribution in [0, 0.1) is 5.92 Å². The summed E-state index contributed by atoms with van der Waals surface area (Å²) in [5.74, 6) is -1.47. The molecule has 0 fully saturated rings. The first-order valence-corrected chi connectivity index (χ1v) is 6.42. The fourth-order valence-corrected chi connectivity index (χ4v) is 1.99. The molecule has 1 aromatic rings. The van der Waals surface area contributed by atoms with Crippen LogP contribution < -0.4 is 5.32 Å². The van der Waals surface area contributed by atoms with Crippen molar-refractivity contribution >= 4 is 35.1 Å². The maximum atomic E-state index is 11.9. The van der Waals surface area contributed by atoms with Gasteiger partial charge in [0.05, 0.1) is 0 Å². The molecule has 2 N–H and O–H groups in total. The second-order valence-corrected chi connectivity index (χ2v) is 5.27. The Kier molecular flexibility index (Phi) is 5.57. The number of carbonyl (C=O) groups is 2. The first-order valence-electron chi connectivity index (χ1n) is 5.66. The molecular weight excluding hydrogens is 291 g/mol. The lowest BCUT2D eigenvalue weighted by Crippen LogP contribution is -2.41. The van der Waals surface area contributed by atoms with Crippen LogP contribution in [0.3, 0.4) is 0 Å². The molecule has 0 aliphatic carbocycles. The van der Waals surface area contributed by atoms with Crippen LogP contribution in [0.15, 0.2) is 12.1 Å². The van der Waals surface area contributed by atoms with E-state index in [0.29, 0.717) is 6.42 Å². The third kappa shape index (κ3) is 5.04. The summed E-state index contributed by atoms with van der Waals surface area (Å²) in [6.45, 7) is 3.75. The number of hydrogen-bond acceptors (Lipinski definition) is 3. The topological polar surface area (TPSA) is 79.3 Å². The van der Waals surface area contributed by atoms with Gasteiger partial charge in [-0.25, -0.2) is 9.78 Å². The number of hydrogen-bond donors (Lipinski definition) is 2. The summed E-state index contributed by atoms with van der Waals surface area (Å²) in [7, 11) is 0. The summed E-state index contributed by atoms with van der Waals surface area (Å²) in [6.07, 6.45) is 0.341. The molecule has 0 radical (unpaired) electrons. The molecule has 0 aliphatic heterocycles. The lowest BCUT2D eigenvalue weighted by molar-refractivity contribution is -0.139. The fraction of sp³-hybridized carbons (Fsp3) is 0.417. The van der Waals surface area contributed by atoms with Crippen LogP contribution in [0.2, 0.25) is 10.3 Å². The number of aromatic nitrogens is 1. The van der Waals surface area contributed by atoms with E-state index in [1.807, 2.05) is 13.8 Å². The van der Waals surface area contributed by atoms with Crippen LogP contribution in [0.1, 0.15) is 30.6 Å². The Labute approximate surface area is 120 Å². The van der Waals surface area contributed by atoms with Crippen molar-refractivity contribution in [2.24, 2.45) is 5.92 Å². The summed E-state index contributed by atoms with van der Waals surface area (Å²) in [5.41, 5.74) is 0.181. The molecule has 0 saturated heterocycles. The molecule has 0 bridgehead atoms. The number of carboxylic acids is 1. The highest BCUT2D eigenvalue weighted by Crippen LogP contribution is 2.15. The number of nitrogens with one attached hydrogen (secondary N) is 1. The molecule has 1 amide bonds. The van der Waals surface area contributed by atoms with Gasteiger partial charge in [0.25, 0.3) is 5.91 Å². The van der Waals surface area contributed by atoms with Crippen molar-refractivity contribution < 1.29 is 14.7 Å². The van der Waals surface area contributed by atoms with Crippen molar-refractivity contribution in [2.75, 3.05) is 0 Å². The normalized spacial score (nSPS) is 12.3. The van der Waals surface area contributed by atoms with E-state index in [4.69, 9.17) is 28.3 Å². The lowest BCUT2D eigenvalue weighted by Gasteiger charge is -2.16. The summed E-state index contributed by atoms with van der Waals surface area (Å²) >= 11 is 11.4. The maximum Gasteiger partial charge on any atom is 0.326 e. The average Bonchev–Trinajstić information content (AvgIpc) is 2.25. The van der Waals surface area contributed by atoms with Crippen LogP contribution >= 0.6 is 23.2 Å². The quantitative estimate of drug-likeness (QED) is 0.820. The second-order valence-electron chi connectivity index (χ2n) is 4.50. The Morgan fingerprint density at radius 3 is 2.26 bits per heavy atom. The second kappa shape index (κ2) is 6.73. The van der Waals surface area contributed by atoms with Crippen molar-refractivity contribution in [1.29, 1.82) is 0 Å². The van der Waals surface area contributed by atoms with Gasteiger partial charge in [-0.2, -0.15) is 0 Å². The summed E-state index contributed by atoms with van der Waals surface area (Å²) in [5, 5.41) is 11.6. The number of carbonyl (C=O) groups excluding carboxylic acids is 1. The van der Waals surface area contributed by atoms with E-state index >= 15 is 0 Å². The van der Waals surface area contributed by atoms with E-state index in [1.54, 1.807) is 0 Å². The highest BCUT2D eigenvalue weighted by molar-refractivity contribution is 6.33. The number of carboxylic acid groups (broad SMARTS) is 1. The maximum absolute atomic E-state index is 11.9. The van der Waals surface area contributed by atoms with Gasteiger partial charge in [-0.05, 0) is 24.5 Å². The number of rotatable bonds is 5. The number of amides is 1. The van der Waals surface area contributed by atoms with Gasteiger partial charge in [-0.3, -0.25) is 4.79 Å². The number of halogens is 2. The van der Waals surface area contributed by atoms with Gasteiger partial charge in [0.15, 0.2) is 0 Å². The predicted octanol–water partition coefficient (Wildman–Crippen LogP) is 2.62. The molecule has 1 heterocycles. The van der Waals surface area contributed by atoms with Gasteiger partial charge >= 0.3 is 5.97 Å². The van der Waals surface area contributed by atoms with E-state index in [1.165, 1.54) is 12.1 Å². The van der Waals surface area contributed by atoms with Crippen molar-refractivity contribution in [2.45, 2.75) is 26.3 Å². The van der Waals surface area contributed by atoms with Gasteiger partial charge in [-0.15, -0.1) is 0 Å². The van der Waals surface area contributed by atoms with Crippen molar-refractivity contribution in [3.8, 4) is 0 Å². The van der Waals surface area contributed by atoms with E-state index in [2.05, 4.69) is 10.3 Å². The van der Waals surface area contributed by atoms with Gasteiger partial charge < -0.3 is 10.4 Å². The van der Waals surface area contributed by atoms with Gasteiger partial charge in [0, 0.05) is 5.56 Å². The Morgan fingerprint density at radius 2 is 1.84 bits per heavy atom. The Balaban J connectivity index is 2.84. The van der Waals surface area contributed by atoms with Crippen LogP contribution in [0.4, 0.5) is 0 Å². The molecule has 0 aliphatic rings. The minimum atomic E-state index is -1.08. The third-order valence-corrected chi connectivity index (χ3v) is 2.72. The minimum absolute atomic E-state index is 0.0772. The monoisotopic (exact) mass is 304 g/mol. The molecule has 0 unspecified atom stereocenters. The number of pyridine rings is 1. The van der Waals surface area contributed by atoms with Crippen LogP contribution in [0.5, 0.6) is 0 Å². The molecule has 1 aromatic heterocycles. The number of nitrogens with zero attached hydrogens (tertiary/aromatic N) is 1. The molecule has 1 atom stereocenters.